The van der Waals surface area contributed by atoms with Crippen molar-refractivity contribution >= 4 is 11.5 Å². The molecule has 1 aliphatic rings. The van der Waals surface area contributed by atoms with E-state index in [0.717, 1.165) is 79.7 Å². The first-order valence-corrected chi connectivity index (χ1v) is 10.2. The Balaban J connectivity index is 1.71. The molecule has 4 rings (SSSR count). The van der Waals surface area contributed by atoms with Crippen LogP contribution in [0.2, 0.25) is 0 Å². The molecular weight excluding hydrogens is 368 g/mol. The molecule has 0 bridgehead atoms. The molecule has 0 saturated heterocycles. The topological polar surface area (TPSA) is 69.9 Å². The number of benzene rings is 1. The standard InChI is InChI=1S/C22H28N4O3/c1-4-29-10-6-9-23-22-18-7-5-8-19(18)24-21-14-20(25-26(21)22)15-11-16(27-2)13-17(12-15)28-3/h11-14,23H,4-10H2,1-3H3. The minimum Gasteiger partial charge on any atom is -0.497 e. The number of aromatic nitrogens is 3. The highest BCUT2D eigenvalue weighted by atomic mass is 16.5. The molecule has 0 amide bonds. The average Bonchev–Trinajstić information content (AvgIpc) is 3.39. The van der Waals surface area contributed by atoms with Crippen LogP contribution >= 0.6 is 0 Å². The number of hydrogen-bond donors (Lipinski definition) is 1. The van der Waals surface area contributed by atoms with E-state index in [1.807, 2.05) is 35.7 Å². The highest BCUT2D eigenvalue weighted by Crippen LogP contribution is 2.33. The van der Waals surface area contributed by atoms with Crippen molar-refractivity contribution < 1.29 is 14.2 Å². The minimum absolute atomic E-state index is 0.737. The van der Waals surface area contributed by atoms with Crippen LogP contribution < -0.4 is 14.8 Å². The number of anilines is 1. The van der Waals surface area contributed by atoms with Gasteiger partial charge >= 0.3 is 0 Å². The van der Waals surface area contributed by atoms with Gasteiger partial charge in [0.15, 0.2) is 5.65 Å². The van der Waals surface area contributed by atoms with Crippen molar-refractivity contribution in [3.05, 3.63) is 35.5 Å². The number of nitrogens with one attached hydrogen (secondary N) is 1. The quantitative estimate of drug-likeness (QED) is 0.556. The normalized spacial score (nSPS) is 12.9. The van der Waals surface area contributed by atoms with E-state index in [1.54, 1.807) is 14.2 Å². The fraction of sp³-hybridized carbons (Fsp3) is 0.455. The number of methoxy groups -OCH3 is 2. The molecule has 3 aromatic rings. The Morgan fingerprint density at radius 3 is 2.59 bits per heavy atom. The van der Waals surface area contributed by atoms with Crippen LogP contribution in [0.5, 0.6) is 11.5 Å². The van der Waals surface area contributed by atoms with E-state index in [4.69, 9.17) is 24.3 Å². The van der Waals surface area contributed by atoms with Crippen LogP contribution in [0.3, 0.4) is 0 Å². The van der Waals surface area contributed by atoms with Gasteiger partial charge in [-0.2, -0.15) is 9.61 Å². The third kappa shape index (κ3) is 4.00. The van der Waals surface area contributed by atoms with Crippen molar-refractivity contribution in [2.75, 3.05) is 39.3 Å². The van der Waals surface area contributed by atoms with Gasteiger partial charge in [-0.05, 0) is 44.7 Å². The number of ether oxygens (including phenoxy) is 3. The Morgan fingerprint density at radius 1 is 1.07 bits per heavy atom. The van der Waals surface area contributed by atoms with Crippen LogP contribution in [-0.4, -0.2) is 48.6 Å². The minimum atomic E-state index is 0.737. The number of nitrogens with zero attached hydrogens (tertiary/aromatic N) is 3. The average molecular weight is 396 g/mol. The van der Waals surface area contributed by atoms with Crippen LogP contribution in [0.15, 0.2) is 24.3 Å². The van der Waals surface area contributed by atoms with Crippen molar-refractivity contribution in [2.45, 2.75) is 32.6 Å². The molecule has 0 unspecified atom stereocenters. The first-order chi connectivity index (χ1) is 14.2. The molecule has 0 saturated carbocycles. The van der Waals surface area contributed by atoms with E-state index >= 15 is 0 Å². The van der Waals surface area contributed by atoms with Crippen molar-refractivity contribution in [2.24, 2.45) is 0 Å². The smallest absolute Gasteiger partial charge is 0.158 e. The largest absolute Gasteiger partial charge is 0.497 e. The molecule has 0 radical (unpaired) electrons. The van der Waals surface area contributed by atoms with E-state index in [-0.39, 0.29) is 0 Å². The summed E-state index contributed by atoms with van der Waals surface area (Å²) in [6, 6.07) is 7.82. The molecule has 1 N–H and O–H groups in total. The van der Waals surface area contributed by atoms with E-state index in [0.29, 0.717) is 0 Å². The van der Waals surface area contributed by atoms with Gasteiger partial charge in [-0.3, -0.25) is 0 Å². The molecular formula is C22H28N4O3. The summed E-state index contributed by atoms with van der Waals surface area (Å²) >= 11 is 0. The van der Waals surface area contributed by atoms with Crippen LogP contribution in [0.1, 0.15) is 31.0 Å². The maximum atomic E-state index is 5.46. The van der Waals surface area contributed by atoms with Gasteiger partial charge in [0.05, 0.1) is 19.9 Å². The predicted molar refractivity (Wildman–Crippen MR) is 113 cm³/mol. The molecule has 2 heterocycles. The summed E-state index contributed by atoms with van der Waals surface area (Å²) in [6.07, 6.45) is 4.15. The van der Waals surface area contributed by atoms with Crippen molar-refractivity contribution in [3.8, 4) is 22.8 Å². The number of aryl methyl sites for hydroxylation is 1. The van der Waals surface area contributed by atoms with Gasteiger partial charge in [0.2, 0.25) is 0 Å². The molecule has 0 aliphatic heterocycles. The van der Waals surface area contributed by atoms with Crippen molar-refractivity contribution in [1.29, 1.82) is 0 Å². The Morgan fingerprint density at radius 2 is 1.86 bits per heavy atom. The molecule has 29 heavy (non-hydrogen) atoms. The summed E-state index contributed by atoms with van der Waals surface area (Å²) in [7, 11) is 3.30. The number of fused-ring (bicyclic) bond motifs is 2. The molecule has 2 aromatic heterocycles. The van der Waals surface area contributed by atoms with Gasteiger partial charge in [-0.25, -0.2) is 4.98 Å². The lowest BCUT2D eigenvalue weighted by atomic mass is 10.1. The SMILES string of the molecule is CCOCCCNc1c2c(nc3cc(-c4cc(OC)cc(OC)c4)nn13)CCC2. The second kappa shape index (κ2) is 8.69. The zero-order valence-corrected chi connectivity index (χ0v) is 17.3. The molecule has 0 fully saturated rings. The lowest BCUT2D eigenvalue weighted by Gasteiger charge is -2.13. The molecule has 154 valence electrons. The van der Waals surface area contributed by atoms with E-state index in [2.05, 4.69) is 5.32 Å². The Bertz CT molecular complexity index is 977. The van der Waals surface area contributed by atoms with Crippen molar-refractivity contribution in [3.63, 3.8) is 0 Å². The first kappa shape index (κ1) is 19.5. The fourth-order valence-electron chi connectivity index (χ4n) is 3.79. The Hall–Kier alpha value is -2.80. The Kier molecular flexibility index (Phi) is 5.85. The third-order valence-electron chi connectivity index (χ3n) is 5.24. The molecule has 1 aromatic carbocycles. The summed E-state index contributed by atoms with van der Waals surface area (Å²) in [5, 5.41) is 8.46. The third-order valence-corrected chi connectivity index (χ3v) is 5.24. The highest BCUT2D eigenvalue weighted by molar-refractivity contribution is 5.69. The van der Waals surface area contributed by atoms with Gasteiger partial charge in [0.25, 0.3) is 0 Å². The second-order valence-electron chi connectivity index (χ2n) is 7.12. The van der Waals surface area contributed by atoms with Crippen LogP contribution in [-0.2, 0) is 17.6 Å². The van der Waals surface area contributed by atoms with E-state index in [1.165, 1.54) is 11.3 Å². The Labute approximate surface area is 171 Å². The molecule has 7 nitrogen and oxygen atoms in total. The lowest BCUT2D eigenvalue weighted by Crippen LogP contribution is -2.12. The second-order valence-corrected chi connectivity index (χ2v) is 7.12. The summed E-state index contributed by atoms with van der Waals surface area (Å²) in [5.74, 6) is 2.53. The number of rotatable bonds is 9. The molecule has 0 atom stereocenters. The molecule has 0 spiro atoms. The fourth-order valence-corrected chi connectivity index (χ4v) is 3.79. The summed E-state index contributed by atoms with van der Waals surface area (Å²) in [4.78, 5) is 4.88. The summed E-state index contributed by atoms with van der Waals surface area (Å²) in [6.45, 7) is 4.37. The summed E-state index contributed by atoms with van der Waals surface area (Å²) < 4.78 is 18.2. The van der Waals surface area contributed by atoms with Gasteiger partial charge in [0.1, 0.15) is 17.3 Å². The highest BCUT2D eigenvalue weighted by Gasteiger charge is 2.21. The summed E-state index contributed by atoms with van der Waals surface area (Å²) in [5.41, 5.74) is 5.10. The predicted octanol–water partition coefficient (Wildman–Crippen LogP) is 3.74. The van der Waals surface area contributed by atoms with Gasteiger partial charge < -0.3 is 19.5 Å². The maximum Gasteiger partial charge on any atom is 0.158 e. The van der Waals surface area contributed by atoms with Gasteiger partial charge in [-0.15, -0.1) is 0 Å². The first-order valence-electron chi connectivity index (χ1n) is 10.2. The lowest BCUT2D eigenvalue weighted by molar-refractivity contribution is 0.147. The molecule has 7 heteroatoms. The maximum absolute atomic E-state index is 5.46. The van der Waals surface area contributed by atoms with Crippen LogP contribution in [0.25, 0.3) is 16.9 Å². The van der Waals surface area contributed by atoms with Crippen LogP contribution in [0, 0.1) is 0 Å². The van der Waals surface area contributed by atoms with Gasteiger partial charge in [-0.1, -0.05) is 0 Å². The van der Waals surface area contributed by atoms with E-state index in [9.17, 15) is 0 Å². The van der Waals surface area contributed by atoms with E-state index < -0.39 is 0 Å². The molecule has 1 aliphatic carbocycles. The zero-order valence-electron chi connectivity index (χ0n) is 17.3. The monoisotopic (exact) mass is 396 g/mol. The number of hydrogen-bond acceptors (Lipinski definition) is 6. The van der Waals surface area contributed by atoms with Crippen molar-refractivity contribution in [1.82, 2.24) is 14.6 Å². The zero-order chi connectivity index (χ0) is 20.2. The van der Waals surface area contributed by atoms with Gasteiger partial charge in [0, 0.05) is 48.7 Å². The van der Waals surface area contributed by atoms with Crippen LogP contribution in [0.4, 0.5) is 5.82 Å².